The van der Waals surface area contributed by atoms with Crippen molar-refractivity contribution in [3.8, 4) is 5.75 Å². The zero-order chi connectivity index (χ0) is 16.9. The molecular formula is C17H26N2O3S. The van der Waals surface area contributed by atoms with Gasteiger partial charge in [-0.2, -0.15) is 0 Å². The first-order chi connectivity index (χ1) is 10.9. The van der Waals surface area contributed by atoms with Crippen LogP contribution in [0.5, 0.6) is 5.75 Å². The highest BCUT2D eigenvalue weighted by atomic mass is 32.2. The number of likely N-dealkylation sites (tertiary alicyclic amines) is 1. The predicted molar refractivity (Wildman–Crippen MR) is 94.1 cm³/mol. The van der Waals surface area contributed by atoms with E-state index in [-0.39, 0.29) is 5.25 Å². The molecule has 5 nitrogen and oxygen atoms in total. The van der Waals surface area contributed by atoms with Crippen molar-refractivity contribution in [3.63, 3.8) is 0 Å². The molecule has 128 valence electrons. The second kappa shape index (κ2) is 7.95. The van der Waals surface area contributed by atoms with Gasteiger partial charge in [0, 0.05) is 19.6 Å². The molecule has 1 unspecified atom stereocenters. The maximum atomic E-state index is 12.1. The first kappa shape index (κ1) is 18.0. The van der Waals surface area contributed by atoms with Crippen LogP contribution in [0.2, 0.25) is 0 Å². The third-order valence-corrected chi connectivity index (χ3v) is 5.97. The number of benzene rings is 1. The van der Waals surface area contributed by atoms with Crippen LogP contribution < -0.4 is 9.46 Å². The molecule has 2 rings (SSSR count). The largest absolute Gasteiger partial charge is 0.497 e. The predicted octanol–water partition coefficient (Wildman–Crippen LogP) is 2.11. The molecule has 0 spiro atoms. The van der Waals surface area contributed by atoms with Crippen molar-refractivity contribution in [1.82, 2.24) is 9.62 Å². The van der Waals surface area contributed by atoms with E-state index in [1.807, 2.05) is 31.2 Å². The number of methoxy groups -OCH3 is 1. The number of rotatable bonds is 7. The number of hydrogen-bond donors (Lipinski definition) is 1. The Kier molecular flexibility index (Phi) is 6.21. The standard InChI is InChI=1S/C17H26N2O3S/c1-4-18-23(20,21)17-9-10-19(13-17)12-14(2)11-15-5-7-16(22-3)8-6-15/h5-8,11,17-18H,4,9-10,12-13H2,1-3H3. The molecule has 0 aliphatic carbocycles. The van der Waals surface area contributed by atoms with Crippen LogP contribution in [0, 0.1) is 0 Å². The maximum Gasteiger partial charge on any atom is 0.215 e. The summed E-state index contributed by atoms with van der Waals surface area (Å²) in [6.07, 6.45) is 2.83. The van der Waals surface area contributed by atoms with Crippen LogP contribution in [0.1, 0.15) is 25.8 Å². The van der Waals surface area contributed by atoms with Gasteiger partial charge in [0.05, 0.1) is 12.4 Å². The molecule has 23 heavy (non-hydrogen) atoms. The minimum atomic E-state index is -3.17. The summed E-state index contributed by atoms with van der Waals surface area (Å²) in [5.41, 5.74) is 2.34. The summed E-state index contributed by atoms with van der Waals surface area (Å²) < 4.78 is 31.9. The average Bonchev–Trinajstić information content (AvgIpc) is 2.97. The first-order valence-electron chi connectivity index (χ1n) is 7.96. The van der Waals surface area contributed by atoms with E-state index in [9.17, 15) is 8.42 Å². The highest BCUT2D eigenvalue weighted by Crippen LogP contribution is 2.19. The van der Waals surface area contributed by atoms with E-state index in [2.05, 4.69) is 22.6 Å². The molecule has 0 radical (unpaired) electrons. The summed E-state index contributed by atoms with van der Waals surface area (Å²) in [6, 6.07) is 7.91. The number of sulfonamides is 1. The summed E-state index contributed by atoms with van der Waals surface area (Å²) in [5.74, 6) is 0.843. The van der Waals surface area contributed by atoms with E-state index < -0.39 is 10.0 Å². The molecule has 0 saturated carbocycles. The lowest BCUT2D eigenvalue weighted by Crippen LogP contribution is -2.36. The number of nitrogens with zero attached hydrogens (tertiary/aromatic N) is 1. The second-order valence-corrected chi connectivity index (χ2v) is 8.00. The Labute approximate surface area is 139 Å². The van der Waals surface area contributed by atoms with Crippen molar-refractivity contribution < 1.29 is 13.2 Å². The van der Waals surface area contributed by atoms with Gasteiger partial charge in [-0.05, 0) is 37.6 Å². The molecule has 0 aromatic heterocycles. The fourth-order valence-corrected chi connectivity index (χ4v) is 4.36. The highest BCUT2D eigenvalue weighted by molar-refractivity contribution is 7.90. The fraction of sp³-hybridized carbons (Fsp3) is 0.529. The Balaban J connectivity index is 1.93. The molecule has 1 saturated heterocycles. The van der Waals surface area contributed by atoms with Crippen molar-refractivity contribution in [2.45, 2.75) is 25.5 Å². The Morgan fingerprint density at radius 1 is 1.39 bits per heavy atom. The second-order valence-electron chi connectivity index (χ2n) is 5.95. The van der Waals surface area contributed by atoms with Crippen LogP contribution in [0.15, 0.2) is 29.8 Å². The summed E-state index contributed by atoms with van der Waals surface area (Å²) in [7, 11) is -1.52. The molecule has 0 amide bonds. The molecule has 1 atom stereocenters. The summed E-state index contributed by atoms with van der Waals surface area (Å²) >= 11 is 0. The van der Waals surface area contributed by atoms with Crippen molar-refractivity contribution in [3.05, 3.63) is 35.4 Å². The lowest BCUT2D eigenvalue weighted by molar-refractivity contribution is 0.369. The Bertz CT molecular complexity index is 638. The Morgan fingerprint density at radius 2 is 2.09 bits per heavy atom. The van der Waals surface area contributed by atoms with Crippen LogP contribution in [0.4, 0.5) is 0 Å². The molecule has 1 aliphatic heterocycles. The number of hydrogen-bond acceptors (Lipinski definition) is 4. The zero-order valence-electron chi connectivity index (χ0n) is 14.1. The van der Waals surface area contributed by atoms with E-state index in [0.717, 1.165) is 24.4 Å². The molecular weight excluding hydrogens is 312 g/mol. The SMILES string of the molecule is CCNS(=O)(=O)C1CCN(CC(C)=Cc2ccc(OC)cc2)C1. The average molecular weight is 338 g/mol. The van der Waals surface area contributed by atoms with Gasteiger partial charge < -0.3 is 4.74 Å². The smallest absolute Gasteiger partial charge is 0.215 e. The van der Waals surface area contributed by atoms with Crippen LogP contribution in [0.3, 0.4) is 0 Å². The van der Waals surface area contributed by atoms with Crippen molar-refractivity contribution in [2.75, 3.05) is 33.3 Å². The van der Waals surface area contributed by atoms with Crippen molar-refractivity contribution >= 4 is 16.1 Å². The lowest BCUT2D eigenvalue weighted by atomic mass is 10.1. The summed E-state index contributed by atoms with van der Waals surface area (Å²) in [6.45, 7) is 6.56. The van der Waals surface area contributed by atoms with E-state index >= 15 is 0 Å². The summed E-state index contributed by atoms with van der Waals surface area (Å²) in [5, 5.41) is -0.295. The molecule has 1 aliphatic rings. The minimum absolute atomic E-state index is 0.295. The van der Waals surface area contributed by atoms with Crippen LogP contribution in [-0.2, 0) is 10.0 Å². The molecule has 0 bridgehead atoms. The van der Waals surface area contributed by atoms with E-state index in [1.165, 1.54) is 5.57 Å². The highest BCUT2D eigenvalue weighted by Gasteiger charge is 2.32. The van der Waals surface area contributed by atoms with Crippen molar-refractivity contribution in [1.29, 1.82) is 0 Å². The topological polar surface area (TPSA) is 58.6 Å². The van der Waals surface area contributed by atoms with Gasteiger partial charge in [0.2, 0.25) is 10.0 Å². The van der Waals surface area contributed by atoms with Gasteiger partial charge >= 0.3 is 0 Å². The van der Waals surface area contributed by atoms with Gasteiger partial charge in [-0.15, -0.1) is 0 Å². The normalized spacial score (nSPS) is 20.0. The molecule has 1 fully saturated rings. The van der Waals surface area contributed by atoms with E-state index in [4.69, 9.17) is 4.74 Å². The van der Waals surface area contributed by atoms with Gasteiger partial charge in [-0.1, -0.05) is 30.7 Å². The van der Waals surface area contributed by atoms with Gasteiger partial charge in [0.25, 0.3) is 0 Å². The third kappa shape index (κ3) is 5.06. The van der Waals surface area contributed by atoms with Gasteiger partial charge in [0.15, 0.2) is 0 Å². The number of nitrogens with one attached hydrogen (secondary N) is 1. The Hall–Kier alpha value is -1.37. The first-order valence-corrected chi connectivity index (χ1v) is 9.51. The zero-order valence-corrected chi connectivity index (χ0v) is 14.9. The quantitative estimate of drug-likeness (QED) is 0.827. The van der Waals surface area contributed by atoms with Gasteiger partial charge in [-0.3, -0.25) is 4.90 Å². The fourth-order valence-electron chi connectivity index (χ4n) is 2.90. The van der Waals surface area contributed by atoms with Crippen LogP contribution in [0.25, 0.3) is 6.08 Å². The van der Waals surface area contributed by atoms with E-state index in [1.54, 1.807) is 7.11 Å². The molecule has 1 aromatic carbocycles. The monoisotopic (exact) mass is 338 g/mol. The van der Waals surface area contributed by atoms with Crippen LogP contribution >= 0.6 is 0 Å². The molecule has 6 heteroatoms. The van der Waals surface area contributed by atoms with Crippen LogP contribution in [-0.4, -0.2) is 51.9 Å². The third-order valence-electron chi connectivity index (χ3n) is 4.02. The minimum Gasteiger partial charge on any atom is -0.497 e. The molecule has 1 heterocycles. The summed E-state index contributed by atoms with van der Waals surface area (Å²) in [4.78, 5) is 2.20. The number of ether oxygens (including phenoxy) is 1. The maximum absolute atomic E-state index is 12.1. The van der Waals surface area contributed by atoms with Gasteiger partial charge in [0.1, 0.15) is 5.75 Å². The lowest BCUT2D eigenvalue weighted by Gasteiger charge is -2.17. The van der Waals surface area contributed by atoms with Crippen molar-refractivity contribution in [2.24, 2.45) is 0 Å². The van der Waals surface area contributed by atoms with Gasteiger partial charge in [-0.25, -0.2) is 13.1 Å². The molecule has 1 N–H and O–H groups in total. The molecule has 1 aromatic rings. The van der Waals surface area contributed by atoms with E-state index in [0.29, 0.717) is 19.5 Å². The Morgan fingerprint density at radius 3 is 2.70 bits per heavy atom.